The second-order valence-electron chi connectivity index (χ2n) is 6.45. The third-order valence-electron chi connectivity index (χ3n) is 4.93. The molecule has 6 heteroatoms. The van der Waals surface area contributed by atoms with Crippen LogP contribution in [0.2, 0.25) is 0 Å². The van der Waals surface area contributed by atoms with E-state index in [2.05, 4.69) is 19.9 Å². The minimum Gasteiger partial charge on any atom is -0.377 e. The molecule has 2 aliphatic rings. The molecule has 0 bridgehead atoms. The van der Waals surface area contributed by atoms with Crippen molar-refractivity contribution in [1.29, 1.82) is 0 Å². The fraction of sp³-hybridized carbons (Fsp3) is 0.500. The molecule has 0 unspecified atom stereocenters. The van der Waals surface area contributed by atoms with Crippen molar-refractivity contribution in [3.8, 4) is 0 Å². The van der Waals surface area contributed by atoms with Crippen LogP contribution in [0.1, 0.15) is 12.0 Å². The highest BCUT2D eigenvalue weighted by Gasteiger charge is 2.44. The molecule has 0 amide bonds. The van der Waals surface area contributed by atoms with Crippen LogP contribution < -0.4 is 4.90 Å². The number of anilines is 1. The predicted molar refractivity (Wildman–Crippen MR) is 89.5 cm³/mol. The van der Waals surface area contributed by atoms with Crippen LogP contribution in [0.15, 0.2) is 43.0 Å². The number of hydrogen-bond donors (Lipinski definition) is 0. The molecule has 0 saturated carbocycles. The second kappa shape index (κ2) is 7.23. The molecule has 2 aromatic rings. The first kappa shape index (κ1) is 15.5. The van der Waals surface area contributed by atoms with Crippen molar-refractivity contribution < 1.29 is 9.47 Å². The van der Waals surface area contributed by atoms with E-state index >= 15 is 0 Å². The molecule has 3 atom stereocenters. The fourth-order valence-corrected chi connectivity index (χ4v) is 3.62. The maximum Gasteiger partial charge on any atom is 0.225 e. The Morgan fingerprint density at radius 3 is 2.79 bits per heavy atom. The largest absolute Gasteiger partial charge is 0.377 e. The van der Waals surface area contributed by atoms with Gasteiger partial charge in [-0.2, -0.15) is 0 Å². The standard InChI is InChI=1S/C18H22N4O2/c1-5-20-18(21-6-1)22-10-16-15(13-24-17(16)11-22)4-9-23-12-14-2-7-19-8-3-14/h1-3,5-8,15-17H,4,9-13H2/t15-,16-,17-/m1/s1. The molecular formula is C18H22N4O2. The molecular weight excluding hydrogens is 304 g/mol. The third-order valence-corrected chi connectivity index (χ3v) is 4.93. The Morgan fingerprint density at radius 2 is 1.96 bits per heavy atom. The van der Waals surface area contributed by atoms with Crippen LogP contribution in [0.3, 0.4) is 0 Å². The van der Waals surface area contributed by atoms with E-state index in [0.29, 0.717) is 24.5 Å². The zero-order valence-corrected chi connectivity index (χ0v) is 13.6. The van der Waals surface area contributed by atoms with Crippen LogP contribution in [-0.4, -0.2) is 47.4 Å². The smallest absolute Gasteiger partial charge is 0.225 e. The average molecular weight is 326 g/mol. The predicted octanol–water partition coefficient (Wildman–Crippen LogP) is 1.93. The van der Waals surface area contributed by atoms with Crippen LogP contribution >= 0.6 is 0 Å². The van der Waals surface area contributed by atoms with Gasteiger partial charge in [-0.3, -0.25) is 4.98 Å². The van der Waals surface area contributed by atoms with E-state index in [4.69, 9.17) is 9.47 Å². The second-order valence-corrected chi connectivity index (χ2v) is 6.45. The quantitative estimate of drug-likeness (QED) is 0.756. The summed E-state index contributed by atoms with van der Waals surface area (Å²) < 4.78 is 11.8. The normalized spacial score (nSPS) is 25.8. The van der Waals surface area contributed by atoms with Gasteiger partial charge in [-0.05, 0) is 36.1 Å². The van der Waals surface area contributed by atoms with Gasteiger partial charge < -0.3 is 14.4 Å². The Morgan fingerprint density at radius 1 is 1.12 bits per heavy atom. The minimum absolute atomic E-state index is 0.305. The van der Waals surface area contributed by atoms with E-state index in [1.807, 2.05) is 18.2 Å². The molecule has 6 nitrogen and oxygen atoms in total. The number of hydrogen-bond acceptors (Lipinski definition) is 6. The lowest BCUT2D eigenvalue weighted by molar-refractivity contribution is 0.0940. The van der Waals surface area contributed by atoms with Crippen molar-refractivity contribution in [2.24, 2.45) is 11.8 Å². The zero-order valence-electron chi connectivity index (χ0n) is 13.6. The molecule has 0 aromatic carbocycles. The molecule has 2 aromatic heterocycles. The summed E-state index contributed by atoms with van der Waals surface area (Å²) >= 11 is 0. The first-order chi connectivity index (χ1) is 11.9. The molecule has 0 N–H and O–H groups in total. The zero-order chi connectivity index (χ0) is 16.2. The molecule has 24 heavy (non-hydrogen) atoms. The summed E-state index contributed by atoms with van der Waals surface area (Å²) in [7, 11) is 0. The van der Waals surface area contributed by atoms with Crippen LogP contribution in [0.4, 0.5) is 5.95 Å². The van der Waals surface area contributed by atoms with Crippen LogP contribution in [-0.2, 0) is 16.1 Å². The summed E-state index contributed by atoms with van der Waals surface area (Å²) in [4.78, 5) is 15.0. The van der Waals surface area contributed by atoms with Gasteiger partial charge in [0.2, 0.25) is 5.95 Å². The van der Waals surface area contributed by atoms with Gasteiger partial charge in [-0.25, -0.2) is 9.97 Å². The number of aromatic nitrogens is 3. The summed E-state index contributed by atoms with van der Waals surface area (Å²) in [6, 6.07) is 5.83. The Labute approximate surface area is 141 Å². The Balaban J connectivity index is 1.26. The molecule has 2 aliphatic heterocycles. The molecule has 0 spiro atoms. The molecule has 0 aliphatic carbocycles. The van der Waals surface area contributed by atoms with Crippen molar-refractivity contribution >= 4 is 5.95 Å². The number of ether oxygens (including phenoxy) is 2. The van der Waals surface area contributed by atoms with E-state index in [1.54, 1.807) is 24.8 Å². The van der Waals surface area contributed by atoms with Crippen molar-refractivity contribution in [2.75, 3.05) is 31.2 Å². The topological polar surface area (TPSA) is 60.4 Å². The van der Waals surface area contributed by atoms with E-state index in [0.717, 1.165) is 38.7 Å². The summed E-state index contributed by atoms with van der Waals surface area (Å²) in [5.74, 6) is 1.92. The number of nitrogens with zero attached hydrogens (tertiary/aromatic N) is 4. The maximum absolute atomic E-state index is 6.00. The summed E-state index contributed by atoms with van der Waals surface area (Å²) in [6.07, 6.45) is 8.53. The van der Waals surface area contributed by atoms with Gasteiger partial charge in [0.15, 0.2) is 0 Å². The molecule has 0 radical (unpaired) electrons. The fourth-order valence-electron chi connectivity index (χ4n) is 3.62. The van der Waals surface area contributed by atoms with Crippen LogP contribution in [0.5, 0.6) is 0 Å². The molecule has 126 valence electrons. The van der Waals surface area contributed by atoms with Gasteiger partial charge in [0.1, 0.15) is 0 Å². The van der Waals surface area contributed by atoms with E-state index in [-0.39, 0.29) is 0 Å². The number of rotatable bonds is 6. The number of pyridine rings is 1. The van der Waals surface area contributed by atoms with Crippen molar-refractivity contribution in [1.82, 2.24) is 15.0 Å². The molecule has 2 saturated heterocycles. The maximum atomic E-state index is 6.00. The Kier molecular flexibility index (Phi) is 4.66. The summed E-state index contributed by atoms with van der Waals surface area (Å²) in [5, 5.41) is 0. The van der Waals surface area contributed by atoms with Crippen molar-refractivity contribution in [2.45, 2.75) is 19.1 Å². The first-order valence-electron chi connectivity index (χ1n) is 8.50. The van der Waals surface area contributed by atoms with Crippen molar-refractivity contribution in [3.63, 3.8) is 0 Å². The van der Waals surface area contributed by atoms with E-state index in [9.17, 15) is 0 Å². The molecule has 2 fully saturated rings. The summed E-state index contributed by atoms with van der Waals surface area (Å²) in [5.41, 5.74) is 1.17. The van der Waals surface area contributed by atoms with Crippen molar-refractivity contribution in [3.05, 3.63) is 48.5 Å². The first-order valence-corrected chi connectivity index (χ1v) is 8.50. The summed E-state index contributed by atoms with van der Waals surface area (Å²) in [6.45, 7) is 4.12. The van der Waals surface area contributed by atoms with Gasteiger partial charge in [0, 0.05) is 50.4 Å². The highest BCUT2D eigenvalue weighted by molar-refractivity contribution is 5.32. The Hall–Kier alpha value is -2.05. The lowest BCUT2D eigenvalue weighted by Gasteiger charge is -2.19. The molecule has 4 heterocycles. The Bertz CT molecular complexity index is 640. The van der Waals surface area contributed by atoms with Gasteiger partial charge >= 0.3 is 0 Å². The van der Waals surface area contributed by atoms with Gasteiger partial charge in [-0.1, -0.05) is 0 Å². The van der Waals surface area contributed by atoms with Gasteiger partial charge in [-0.15, -0.1) is 0 Å². The van der Waals surface area contributed by atoms with Crippen LogP contribution in [0.25, 0.3) is 0 Å². The minimum atomic E-state index is 0.305. The highest BCUT2D eigenvalue weighted by Crippen LogP contribution is 2.36. The third kappa shape index (κ3) is 3.39. The van der Waals surface area contributed by atoms with E-state index < -0.39 is 0 Å². The van der Waals surface area contributed by atoms with Crippen LogP contribution in [0, 0.1) is 11.8 Å². The molecule has 4 rings (SSSR count). The highest BCUT2D eigenvalue weighted by atomic mass is 16.5. The van der Waals surface area contributed by atoms with Gasteiger partial charge in [0.05, 0.1) is 19.3 Å². The monoisotopic (exact) mass is 326 g/mol. The van der Waals surface area contributed by atoms with E-state index in [1.165, 1.54) is 5.56 Å². The van der Waals surface area contributed by atoms with Gasteiger partial charge in [0.25, 0.3) is 0 Å². The lowest BCUT2D eigenvalue weighted by Crippen LogP contribution is -2.26. The SMILES string of the molecule is c1cnc(N2C[C@@H]3[C@H](CCOCc4ccncc4)CO[C@@H]3C2)nc1. The lowest BCUT2D eigenvalue weighted by atomic mass is 9.91. The number of fused-ring (bicyclic) bond motifs is 1. The average Bonchev–Trinajstić information content (AvgIpc) is 3.22.